The van der Waals surface area contributed by atoms with E-state index in [1.807, 2.05) is 13.8 Å². The van der Waals surface area contributed by atoms with Gasteiger partial charge in [0.1, 0.15) is 4.92 Å². The van der Waals surface area contributed by atoms with E-state index in [4.69, 9.17) is 16.0 Å². The van der Waals surface area contributed by atoms with Gasteiger partial charge in [-0.2, -0.15) is 0 Å². The summed E-state index contributed by atoms with van der Waals surface area (Å²) in [5.74, 6) is -0.359. The summed E-state index contributed by atoms with van der Waals surface area (Å²) < 4.78 is 4.89. The van der Waals surface area contributed by atoms with Gasteiger partial charge in [0.05, 0.1) is 6.07 Å². The van der Waals surface area contributed by atoms with Crippen molar-refractivity contribution in [3.63, 3.8) is 0 Å². The zero-order chi connectivity index (χ0) is 13.7. The summed E-state index contributed by atoms with van der Waals surface area (Å²) in [7, 11) is 0. The van der Waals surface area contributed by atoms with Gasteiger partial charge in [0.15, 0.2) is 5.76 Å². The second-order valence-corrected chi connectivity index (χ2v) is 4.41. The van der Waals surface area contributed by atoms with Crippen LogP contribution in [0.3, 0.4) is 0 Å². The van der Waals surface area contributed by atoms with Gasteiger partial charge in [0, 0.05) is 18.5 Å². The first-order chi connectivity index (χ1) is 8.47. The van der Waals surface area contributed by atoms with Gasteiger partial charge < -0.3 is 9.32 Å². The lowest BCUT2D eigenvalue weighted by molar-refractivity contribution is -0.402. The number of amides is 1. The molecule has 0 aliphatic rings. The molecule has 18 heavy (non-hydrogen) atoms. The van der Waals surface area contributed by atoms with Crippen molar-refractivity contribution in [1.29, 1.82) is 0 Å². The van der Waals surface area contributed by atoms with Gasteiger partial charge in [0.2, 0.25) is 0 Å². The van der Waals surface area contributed by atoms with Crippen molar-refractivity contribution >= 4 is 23.4 Å². The van der Waals surface area contributed by atoms with E-state index in [1.165, 1.54) is 12.1 Å². The van der Waals surface area contributed by atoms with Crippen LogP contribution in [0.1, 0.15) is 30.8 Å². The maximum Gasteiger partial charge on any atom is 0.433 e. The average molecular weight is 275 g/mol. The minimum Gasteiger partial charge on any atom is -0.395 e. The molecule has 0 atom stereocenters. The number of carbonyl (C=O) groups is 1. The summed E-state index contributed by atoms with van der Waals surface area (Å²) in [6.07, 6.45) is 0.661. The zero-order valence-electron chi connectivity index (χ0n) is 10.3. The van der Waals surface area contributed by atoms with Gasteiger partial charge in [-0.05, 0) is 26.3 Å². The Morgan fingerprint density at radius 3 is 2.67 bits per heavy atom. The maximum absolute atomic E-state index is 12.1. The second-order valence-electron chi connectivity index (χ2n) is 4.03. The number of halogens is 1. The second kappa shape index (κ2) is 6.39. The summed E-state index contributed by atoms with van der Waals surface area (Å²) in [5.41, 5.74) is 0. The average Bonchev–Trinajstić information content (AvgIpc) is 2.78. The Morgan fingerprint density at radius 2 is 2.22 bits per heavy atom. The first kappa shape index (κ1) is 14.5. The predicted octanol–water partition coefficient (Wildman–Crippen LogP) is 2.67. The highest BCUT2D eigenvalue weighted by molar-refractivity contribution is 6.17. The minimum atomic E-state index is -0.671. The van der Waals surface area contributed by atoms with Crippen LogP contribution in [0.2, 0.25) is 0 Å². The van der Waals surface area contributed by atoms with Gasteiger partial charge in [-0.1, -0.05) is 0 Å². The minimum absolute atomic E-state index is 0.0232. The Bertz CT molecular complexity index is 430. The SMILES string of the molecule is CC(C)N(CCCCl)C(=O)c1ccc([N+](=O)[O-])o1. The lowest BCUT2D eigenvalue weighted by Crippen LogP contribution is -2.37. The fourth-order valence-corrected chi connectivity index (χ4v) is 1.63. The fourth-order valence-electron chi connectivity index (χ4n) is 1.51. The zero-order valence-corrected chi connectivity index (χ0v) is 11.0. The Balaban J connectivity index is 2.84. The van der Waals surface area contributed by atoms with E-state index in [0.717, 1.165) is 0 Å². The molecule has 0 fully saturated rings. The molecular formula is C11H15ClN2O4. The number of nitrogens with zero attached hydrogens (tertiary/aromatic N) is 2. The molecule has 1 aromatic rings. The molecule has 1 aromatic heterocycles. The number of nitro groups is 1. The number of hydrogen-bond acceptors (Lipinski definition) is 4. The van der Waals surface area contributed by atoms with E-state index in [2.05, 4.69) is 0 Å². The molecule has 0 aromatic carbocycles. The van der Waals surface area contributed by atoms with Crippen molar-refractivity contribution in [2.45, 2.75) is 26.3 Å². The molecule has 0 radical (unpaired) electrons. The van der Waals surface area contributed by atoms with E-state index in [9.17, 15) is 14.9 Å². The van der Waals surface area contributed by atoms with Crippen molar-refractivity contribution in [2.75, 3.05) is 12.4 Å². The van der Waals surface area contributed by atoms with Crippen LogP contribution in [0, 0.1) is 10.1 Å². The summed E-state index contributed by atoms with van der Waals surface area (Å²) in [6, 6.07) is 2.47. The van der Waals surface area contributed by atoms with Crippen molar-refractivity contribution in [1.82, 2.24) is 4.90 Å². The van der Waals surface area contributed by atoms with Crippen LogP contribution in [-0.2, 0) is 0 Å². The van der Waals surface area contributed by atoms with Crippen LogP contribution in [0.4, 0.5) is 5.88 Å². The van der Waals surface area contributed by atoms with Crippen LogP contribution in [0.25, 0.3) is 0 Å². The number of rotatable bonds is 6. The molecule has 0 bridgehead atoms. The van der Waals surface area contributed by atoms with Crippen LogP contribution in [0.15, 0.2) is 16.5 Å². The number of alkyl halides is 1. The van der Waals surface area contributed by atoms with Crippen molar-refractivity contribution in [3.8, 4) is 0 Å². The molecule has 1 rings (SSSR count). The summed E-state index contributed by atoms with van der Waals surface area (Å²) in [5, 5.41) is 10.5. The molecule has 0 aliphatic heterocycles. The maximum atomic E-state index is 12.1. The van der Waals surface area contributed by atoms with Crippen molar-refractivity contribution < 1.29 is 14.1 Å². The predicted molar refractivity (Wildman–Crippen MR) is 66.9 cm³/mol. The molecule has 6 nitrogen and oxygen atoms in total. The van der Waals surface area contributed by atoms with E-state index >= 15 is 0 Å². The molecule has 1 heterocycles. The quantitative estimate of drug-likeness (QED) is 0.454. The Morgan fingerprint density at radius 1 is 1.56 bits per heavy atom. The molecule has 0 unspecified atom stereocenters. The third-order valence-electron chi connectivity index (χ3n) is 2.40. The van der Waals surface area contributed by atoms with Crippen LogP contribution >= 0.6 is 11.6 Å². The highest BCUT2D eigenvalue weighted by Crippen LogP contribution is 2.18. The van der Waals surface area contributed by atoms with Gasteiger partial charge >= 0.3 is 5.88 Å². The molecule has 0 N–H and O–H groups in total. The lowest BCUT2D eigenvalue weighted by atomic mass is 10.2. The third-order valence-corrected chi connectivity index (χ3v) is 2.67. The van der Waals surface area contributed by atoms with Crippen LogP contribution in [0.5, 0.6) is 0 Å². The summed E-state index contributed by atoms with van der Waals surface area (Å²) in [4.78, 5) is 23.5. The smallest absolute Gasteiger partial charge is 0.395 e. The van der Waals surface area contributed by atoms with Crippen LogP contribution < -0.4 is 0 Å². The van der Waals surface area contributed by atoms with Crippen molar-refractivity contribution in [2.24, 2.45) is 0 Å². The van der Waals surface area contributed by atoms with Gasteiger partial charge in [-0.15, -0.1) is 11.6 Å². The van der Waals surface area contributed by atoms with E-state index < -0.39 is 10.8 Å². The van der Waals surface area contributed by atoms with E-state index in [0.29, 0.717) is 18.8 Å². The third kappa shape index (κ3) is 3.46. The Hall–Kier alpha value is -1.56. The lowest BCUT2D eigenvalue weighted by Gasteiger charge is -2.25. The molecule has 7 heteroatoms. The van der Waals surface area contributed by atoms with Crippen LogP contribution in [-0.4, -0.2) is 34.2 Å². The first-order valence-corrected chi connectivity index (χ1v) is 6.12. The topological polar surface area (TPSA) is 76.6 Å². The molecule has 0 saturated heterocycles. The standard InChI is InChI=1S/C11H15ClN2O4/c1-8(2)13(7-3-6-12)11(15)9-4-5-10(18-9)14(16)17/h4-5,8H,3,6-7H2,1-2H3. The van der Waals surface area contributed by atoms with Gasteiger partial charge in [0.25, 0.3) is 5.91 Å². The molecule has 0 saturated carbocycles. The Labute approximate surface area is 110 Å². The largest absolute Gasteiger partial charge is 0.433 e. The molecule has 0 spiro atoms. The highest BCUT2D eigenvalue weighted by Gasteiger charge is 2.23. The number of furan rings is 1. The number of carbonyl (C=O) groups excluding carboxylic acids is 1. The monoisotopic (exact) mass is 274 g/mol. The molecular weight excluding hydrogens is 260 g/mol. The molecule has 1 amide bonds. The van der Waals surface area contributed by atoms with Gasteiger partial charge in [-0.3, -0.25) is 14.9 Å². The molecule has 0 aliphatic carbocycles. The number of hydrogen-bond donors (Lipinski definition) is 0. The van der Waals surface area contributed by atoms with E-state index in [-0.39, 0.29) is 17.7 Å². The first-order valence-electron chi connectivity index (χ1n) is 5.58. The Kier molecular flexibility index (Phi) is 5.15. The van der Waals surface area contributed by atoms with E-state index in [1.54, 1.807) is 4.90 Å². The molecule has 100 valence electrons. The van der Waals surface area contributed by atoms with Crippen molar-refractivity contribution in [3.05, 3.63) is 28.0 Å². The highest BCUT2D eigenvalue weighted by atomic mass is 35.5. The fraction of sp³-hybridized carbons (Fsp3) is 0.545. The summed E-state index contributed by atoms with van der Waals surface area (Å²) >= 11 is 5.60. The summed E-state index contributed by atoms with van der Waals surface area (Å²) in [6.45, 7) is 4.22. The van der Waals surface area contributed by atoms with Gasteiger partial charge in [-0.25, -0.2) is 0 Å². The normalized spacial score (nSPS) is 10.7.